The lowest BCUT2D eigenvalue weighted by molar-refractivity contribution is 1.49. The molecule has 2 rings (SSSR count). The Labute approximate surface area is 94.9 Å². The van der Waals surface area contributed by atoms with Crippen molar-refractivity contribution in [3.05, 3.63) is 60.2 Å². The standard InChI is InChI=1S/C7H6N2.C6H7N/c8-5-6-1-3-7(9)4-2-6;7-6-4-2-1-3-5-6/h1-4H,9H2;1-5H,7H2. The second-order valence-electron chi connectivity index (χ2n) is 3.14. The first kappa shape index (κ1) is 11.6. The number of para-hydroxylation sites is 1. The van der Waals surface area contributed by atoms with Gasteiger partial charge in [0.25, 0.3) is 0 Å². The van der Waals surface area contributed by atoms with E-state index in [9.17, 15) is 0 Å². The lowest BCUT2D eigenvalue weighted by atomic mass is 10.2. The molecule has 0 unspecified atom stereocenters. The molecule has 2 aromatic rings. The van der Waals surface area contributed by atoms with Crippen LogP contribution >= 0.6 is 0 Å². The first-order valence-electron chi connectivity index (χ1n) is 4.78. The van der Waals surface area contributed by atoms with Crippen molar-refractivity contribution >= 4 is 11.4 Å². The third-order valence-electron chi connectivity index (χ3n) is 1.84. The van der Waals surface area contributed by atoms with Gasteiger partial charge in [-0.2, -0.15) is 5.26 Å². The molecule has 4 N–H and O–H groups in total. The van der Waals surface area contributed by atoms with Crippen LogP contribution in [-0.2, 0) is 0 Å². The highest BCUT2D eigenvalue weighted by atomic mass is 14.5. The molecule has 0 bridgehead atoms. The van der Waals surface area contributed by atoms with E-state index in [1.165, 1.54) is 0 Å². The van der Waals surface area contributed by atoms with Gasteiger partial charge in [0.15, 0.2) is 0 Å². The fourth-order valence-corrected chi connectivity index (χ4v) is 1.01. The summed E-state index contributed by atoms with van der Waals surface area (Å²) in [4.78, 5) is 0. The summed E-state index contributed by atoms with van der Waals surface area (Å²) in [6.45, 7) is 0. The fraction of sp³-hybridized carbons (Fsp3) is 0. The minimum Gasteiger partial charge on any atom is -0.399 e. The summed E-state index contributed by atoms with van der Waals surface area (Å²) in [7, 11) is 0. The molecule has 0 saturated heterocycles. The van der Waals surface area contributed by atoms with Crippen molar-refractivity contribution in [2.45, 2.75) is 0 Å². The number of nitrogen functional groups attached to an aromatic ring is 2. The molecule has 0 radical (unpaired) electrons. The van der Waals surface area contributed by atoms with Gasteiger partial charge in [0.1, 0.15) is 0 Å². The molecule has 3 nitrogen and oxygen atoms in total. The molecule has 80 valence electrons. The van der Waals surface area contributed by atoms with Crippen molar-refractivity contribution in [1.29, 1.82) is 5.26 Å². The minimum absolute atomic E-state index is 0.643. The molecule has 0 saturated carbocycles. The van der Waals surface area contributed by atoms with Gasteiger partial charge in [-0.05, 0) is 36.4 Å². The predicted molar refractivity (Wildman–Crippen MR) is 66.4 cm³/mol. The number of rotatable bonds is 0. The van der Waals surface area contributed by atoms with Gasteiger partial charge < -0.3 is 11.5 Å². The Hall–Kier alpha value is -2.47. The van der Waals surface area contributed by atoms with Crippen LogP contribution in [0.2, 0.25) is 0 Å². The van der Waals surface area contributed by atoms with Crippen molar-refractivity contribution in [1.82, 2.24) is 0 Å². The lowest BCUT2D eigenvalue weighted by Gasteiger charge is -1.88. The molecule has 16 heavy (non-hydrogen) atoms. The largest absolute Gasteiger partial charge is 0.399 e. The van der Waals surface area contributed by atoms with Gasteiger partial charge in [-0.25, -0.2) is 0 Å². The molecule has 0 heterocycles. The van der Waals surface area contributed by atoms with E-state index >= 15 is 0 Å². The number of hydrogen-bond donors (Lipinski definition) is 2. The number of hydrogen-bond acceptors (Lipinski definition) is 3. The summed E-state index contributed by atoms with van der Waals surface area (Å²) < 4.78 is 0. The van der Waals surface area contributed by atoms with Crippen LogP contribution in [0.1, 0.15) is 5.56 Å². The van der Waals surface area contributed by atoms with Crippen molar-refractivity contribution in [2.24, 2.45) is 0 Å². The zero-order valence-electron chi connectivity index (χ0n) is 8.80. The third kappa shape index (κ3) is 4.16. The normalized spacial score (nSPS) is 8.44. The number of anilines is 2. The number of nitriles is 1. The highest BCUT2D eigenvalue weighted by molar-refractivity contribution is 5.42. The second-order valence-corrected chi connectivity index (χ2v) is 3.14. The predicted octanol–water partition coefficient (Wildman–Crippen LogP) is 2.41. The SMILES string of the molecule is N#Cc1ccc(N)cc1.Nc1ccccc1. The monoisotopic (exact) mass is 211 g/mol. The van der Waals surface area contributed by atoms with E-state index in [-0.39, 0.29) is 0 Å². The molecular weight excluding hydrogens is 198 g/mol. The summed E-state index contributed by atoms with van der Waals surface area (Å²) in [6, 6.07) is 18.3. The zero-order chi connectivity index (χ0) is 11.8. The summed E-state index contributed by atoms with van der Waals surface area (Å²) in [5, 5.41) is 8.34. The molecule has 0 aliphatic heterocycles. The fourth-order valence-electron chi connectivity index (χ4n) is 1.01. The van der Waals surface area contributed by atoms with E-state index in [0.29, 0.717) is 11.3 Å². The van der Waals surface area contributed by atoms with E-state index in [0.717, 1.165) is 5.69 Å². The smallest absolute Gasteiger partial charge is 0.0991 e. The first-order valence-corrected chi connectivity index (χ1v) is 4.78. The molecule has 2 aromatic carbocycles. The van der Waals surface area contributed by atoms with E-state index in [1.54, 1.807) is 24.3 Å². The number of nitrogens with zero attached hydrogens (tertiary/aromatic N) is 1. The van der Waals surface area contributed by atoms with Crippen molar-refractivity contribution < 1.29 is 0 Å². The molecule has 3 heteroatoms. The molecule has 0 spiro atoms. The average Bonchev–Trinajstić information content (AvgIpc) is 2.32. The van der Waals surface area contributed by atoms with Crippen molar-refractivity contribution in [3.8, 4) is 6.07 Å². The third-order valence-corrected chi connectivity index (χ3v) is 1.84. The topological polar surface area (TPSA) is 75.8 Å². The van der Waals surface area contributed by atoms with Crippen LogP contribution in [0.25, 0.3) is 0 Å². The molecule has 0 fully saturated rings. The summed E-state index contributed by atoms with van der Waals surface area (Å²) in [6.07, 6.45) is 0. The highest BCUT2D eigenvalue weighted by Crippen LogP contribution is 2.02. The Morgan fingerprint density at radius 3 is 1.62 bits per heavy atom. The van der Waals surface area contributed by atoms with Crippen LogP contribution in [0.4, 0.5) is 11.4 Å². The van der Waals surface area contributed by atoms with Gasteiger partial charge in [0.2, 0.25) is 0 Å². The van der Waals surface area contributed by atoms with Crippen LogP contribution in [0.5, 0.6) is 0 Å². The van der Waals surface area contributed by atoms with Crippen LogP contribution in [0, 0.1) is 11.3 Å². The van der Waals surface area contributed by atoms with Crippen molar-refractivity contribution in [2.75, 3.05) is 11.5 Å². The average molecular weight is 211 g/mol. The quantitative estimate of drug-likeness (QED) is 0.657. The Morgan fingerprint density at radius 1 is 0.750 bits per heavy atom. The van der Waals surface area contributed by atoms with Crippen LogP contribution in [0.3, 0.4) is 0 Å². The zero-order valence-corrected chi connectivity index (χ0v) is 8.80. The van der Waals surface area contributed by atoms with Gasteiger partial charge in [-0.15, -0.1) is 0 Å². The van der Waals surface area contributed by atoms with Gasteiger partial charge in [-0.1, -0.05) is 18.2 Å². The van der Waals surface area contributed by atoms with Crippen molar-refractivity contribution in [3.63, 3.8) is 0 Å². The number of benzene rings is 2. The first-order chi connectivity index (χ1) is 7.72. The molecule has 0 aliphatic rings. The molecular formula is C13H13N3. The van der Waals surface area contributed by atoms with Gasteiger partial charge >= 0.3 is 0 Å². The maximum absolute atomic E-state index is 8.34. The summed E-state index contributed by atoms with van der Waals surface area (Å²) in [5.41, 5.74) is 12.9. The molecule has 0 aliphatic carbocycles. The maximum atomic E-state index is 8.34. The Bertz CT molecular complexity index is 455. The van der Waals surface area contributed by atoms with E-state index in [1.807, 2.05) is 36.4 Å². The lowest BCUT2D eigenvalue weighted by Crippen LogP contribution is -1.82. The van der Waals surface area contributed by atoms with Crippen LogP contribution in [0.15, 0.2) is 54.6 Å². The van der Waals surface area contributed by atoms with E-state index in [2.05, 4.69) is 0 Å². The summed E-state index contributed by atoms with van der Waals surface area (Å²) in [5.74, 6) is 0. The van der Waals surface area contributed by atoms with Gasteiger partial charge in [0.05, 0.1) is 11.6 Å². The maximum Gasteiger partial charge on any atom is 0.0991 e. The molecule has 0 amide bonds. The summed E-state index contributed by atoms with van der Waals surface area (Å²) >= 11 is 0. The molecule has 0 aromatic heterocycles. The van der Waals surface area contributed by atoms with E-state index in [4.69, 9.17) is 16.7 Å². The Morgan fingerprint density at radius 2 is 1.25 bits per heavy atom. The number of nitrogens with two attached hydrogens (primary N) is 2. The van der Waals surface area contributed by atoms with E-state index < -0.39 is 0 Å². The van der Waals surface area contributed by atoms with Crippen LogP contribution < -0.4 is 11.5 Å². The van der Waals surface area contributed by atoms with Gasteiger partial charge in [0, 0.05) is 11.4 Å². The highest BCUT2D eigenvalue weighted by Gasteiger charge is 1.85. The minimum atomic E-state index is 0.643. The Kier molecular flexibility index (Phi) is 4.42. The Balaban J connectivity index is 0.000000165. The molecule has 0 atom stereocenters. The second kappa shape index (κ2) is 6.10. The van der Waals surface area contributed by atoms with Crippen LogP contribution in [-0.4, -0.2) is 0 Å². The van der Waals surface area contributed by atoms with Gasteiger partial charge in [-0.3, -0.25) is 0 Å².